The van der Waals surface area contributed by atoms with E-state index in [0.717, 1.165) is 5.92 Å². The summed E-state index contributed by atoms with van der Waals surface area (Å²) in [6, 6.07) is 9.55. The minimum absolute atomic E-state index is 0.575. The minimum atomic E-state index is 0.575. The van der Waals surface area contributed by atoms with Crippen LogP contribution < -0.4 is 5.32 Å². The number of piperidine rings is 1. The van der Waals surface area contributed by atoms with E-state index in [1.54, 1.807) is 0 Å². The van der Waals surface area contributed by atoms with E-state index >= 15 is 0 Å². The van der Waals surface area contributed by atoms with Gasteiger partial charge in [-0.2, -0.15) is 0 Å². The summed E-state index contributed by atoms with van der Waals surface area (Å²) < 4.78 is 0. The smallest absolute Gasteiger partial charge is 0.0342 e. The van der Waals surface area contributed by atoms with Crippen LogP contribution in [-0.2, 0) is 6.42 Å². The molecule has 2 rings (SSSR count). The number of rotatable bonds is 5. The predicted molar refractivity (Wildman–Crippen MR) is 83.7 cm³/mol. The van der Waals surface area contributed by atoms with E-state index < -0.39 is 0 Å². The van der Waals surface area contributed by atoms with Crippen molar-refractivity contribution in [3.05, 3.63) is 29.8 Å². The molecule has 1 atom stereocenters. The Hall–Kier alpha value is -1.02. The molecule has 0 aliphatic carbocycles. The maximum Gasteiger partial charge on any atom is 0.0342 e. The first-order valence-corrected chi connectivity index (χ1v) is 7.73. The summed E-state index contributed by atoms with van der Waals surface area (Å²) in [5, 5.41) is 3.68. The summed E-state index contributed by atoms with van der Waals surface area (Å²) in [5.41, 5.74) is 2.71. The fraction of sp³-hybridized carbons (Fsp3) is 0.647. The molecule has 0 bridgehead atoms. The molecule has 1 N–H and O–H groups in total. The fourth-order valence-electron chi connectivity index (χ4n) is 2.97. The molecular formula is C17H28N2. The molecule has 1 aromatic rings. The molecule has 2 nitrogen and oxygen atoms in total. The zero-order chi connectivity index (χ0) is 13.7. The molecular weight excluding hydrogens is 232 g/mol. The molecule has 1 aliphatic rings. The molecule has 1 heterocycles. The lowest BCUT2D eigenvalue weighted by Crippen LogP contribution is -2.37. The number of hydrogen-bond acceptors (Lipinski definition) is 2. The van der Waals surface area contributed by atoms with Gasteiger partial charge >= 0.3 is 0 Å². The van der Waals surface area contributed by atoms with E-state index in [1.165, 1.54) is 50.0 Å². The highest BCUT2D eigenvalue weighted by atomic mass is 15.1. The van der Waals surface area contributed by atoms with Gasteiger partial charge < -0.3 is 10.2 Å². The Bertz CT molecular complexity index is 363. The average molecular weight is 260 g/mol. The molecule has 0 radical (unpaired) electrons. The third-order valence-electron chi connectivity index (χ3n) is 4.36. The number of benzene rings is 1. The van der Waals surface area contributed by atoms with Crippen LogP contribution in [0.4, 0.5) is 5.69 Å². The van der Waals surface area contributed by atoms with E-state index in [2.05, 4.69) is 55.4 Å². The first kappa shape index (κ1) is 14.4. The molecule has 19 heavy (non-hydrogen) atoms. The van der Waals surface area contributed by atoms with Gasteiger partial charge in [0.15, 0.2) is 0 Å². The summed E-state index contributed by atoms with van der Waals surface area (Å²) in [6.07, 6.45) is 5.04. The topological polar surface area (TPSA) is 15.3 Å². The first-order valence-electron chi connectivity index (χ1n) is 7.73. The molecule has 1 unspecified atom stereocenters. The molecule has 1 aliphatic heterocycles. The van der Waals surface area contributed by atoms with Gasteiger partial charge in [0, 0.05) is 11.7 Å². The van der Waals surface area contributed by atoms with Crippen LogP contribution in [0.5, 0.6) is 0 Å². The van der Waals surface area contributed by atoms with Crippen LogP contribution in [0.25, 0.3) is 0 Å². The summed E-state index contributed by atoms with van der Waals surface area (Å²) in [6.45, 7) is 7.04. The lowest BCUT2D eigenvalue weighted by atomic mass is 9.90. The van der Waals surface area contributed by atoms with Gasteiger partial charge in [-0.1, -0.05) is 25.5 Å². The Morgan fingerprint density at radius 3 is 2.42 bits per heavy atom. The predicted octanol–water partition coefficient (Wildman–Crippen LogP) is 3.78. The Kier molecular flexibility index (Phi) is 5.26. The van der Waals surface area contributed by atoms with Gasteiger partial charge in [-0.05, 0) is 69.9 Å². The van der Waals surface area contributed by atoms with Crippen molar-refractivity contribution >= 4 is 5.69 Å². The van der Waals surface area contributed by atoms with Gasteiger partial charge in [0.05, 0.1) is 0 Å². The third-order valence-corrected chi connectivity index (χ3v) is 4.36. The van der Waals surface area contributed by atoms with Crippen LogP contribution in [0, 0.1) is 5.92 Å². The van der Waals surface area contributed by atoms with Crippen LogP contribution in [0.2, 0.25) is 0 Å². The summed E-state index contributed by atoms with van der Waals surface area (Å²) in [7, 11) is 2.22. The van der Waals surface area contributed by atoms with Crippen molar-refractivity contribution in [3.8, 4) is 0 Å². The first-order chi connectivity index (χ1) is 9.19. The van der Waals surface area contributed by atoms with Gasteiger partial charge in [-0.25, -0.2) is 0 Å². The zero-order valence-corrected chi connectivity index (χ0v) is 12.7. The van der Waals surface area contributed by atoms with Gasteiger partial charge in [0.25, 0.3) is 0 Å². The second-order valence-electron chi connectivity index (χ2n) is 6.02. The lowest BCUT2D eigenvalue weighted by Gasteiger charge is -2.33. The number of nitrogens with zero attached hydrogens (tertiary/aromatic N) is 1. The summed E-state index contributed by atoms with van der Waals surface area (Å²) >= 11 is 0. The molecule has 2 heteroatoms. The number of anilines is 1. The number of likely N-dealkylation sites (tertiary alicyclic amines) is 1. The van der Waals surface area contributed by atoms with Crippen molar-refractivity contribution < 1.29 is 0 Å². The molecule has 1 fully saturated rings. The van der Waals surface area contributed by atoms with E-state index in [1.807, 2.05) is 0 Å². The normalized spacial score (nSPS) is 19.3. The zero-order valence-electron chi connectivity index (χ0n) is 12.7. The van der Waals surface area contributed by atoms with Crippen molar-refractivity contribution in [3.63, 3.8) is 0 Å². The molecule has 0 aromatic heterocycles. The maximum atomic E-state index is 3.68. The highest BCUT2D eigenvalue weighted by Crippen LogP contribution is 2.22. The van der Waals surface area contributed by atoms with Gasteiger partial charge in [0.2, 0.25) is 0 Å². The van der Waals surface area contributed by atoms with Crippen LogP contribution >= 0.6 is 0 Å². The van der Waals surface area contributed by atoms with E-state index in [9.17, 15) is 0 Å². The van der Waals surface area contributed by atoms with Crippen LogP contribution in [0.3, 0.4) is 0 Å². The fourth-order valence-corrected chi connectivity index (χ4v) is 2.97. The highest BCUT2D eigenvalue weighted by molar-refractivity contribution is 5.45. The van der Waals surface area contributed by atoms with Crippen LogP contribution in [-0.4, -0.2) is 31.1 Å². The van der Waals surface area contributed by atoms with E-state index in [4.69, 9.17) is 0 Å². The Balaban J connectivity index is 1.86. The average Bonchev–Trinajstić information content (AvgIpc) is 2.42. The van der Waals surface area contributed by atoms with Crippen molar-refractivity contribution in [2.45, 2.75) is 45.6 Å². The van der Waals surface area contributed by atoms with Crippen molar-refractivity contribution in [2.24, 2.45) is 5.92 Å². The number of aryl methyl sites for hydroxylation is 1. The van der Waals surface area contributed by atoms with Crippen molar-refractivity contribution in [1.29, 1.82) is 0 Å². The van der Waals surface area contributed by atoms with Gasteiger partial charge in [-0.3, -0.25) is 0 Å². The number of hydrogen-bond donors (Lipinski definition) is 1. The molecule has 1 saturated heterocycles. The van der Waals surface area contributed by atoms with Gasteiger partial charge in [0.1, 0.15) is 0 Å². The molecule has 0 saturated carbocycles. The standard InChI is InChI=1S/C17H28N2/c1-4-5-15-6-8-17(9-7-15)18-14(2)16-10-12-19(3)13-11-16/h6-9,14,16,18H,4-5,10-13H2,1-3H3. The summed E-state index contributed by atoms with van der Waals surface area (Å²) in [4.78, 5) is 2.43. The van der Waals surface area contributed by atoms with Crippen LogP contribution in [0.1, 0.15) is 38.7 Å². The van der Waals surface area contributed by atoms with E-state index in [0.29, 0.717) is 6.04 Å². The third kappa shape index (κ3) is 4.24. The SMILES string of the molecule is CCCc1ccc(NC(C)C2CCN(C)CC2)cc1. The van der Waals surface area contributed by atoms with Crippen molar-refractivity contribution in [2.75, 3.05) is 25.5 Å². The maximum absolute atomic E-state index is 3.68. The molecule has 1 aromatic carbocycles. The molecule has 0 amide bonds. The molecule has 0 spiro atoms. The van der Waals surface area contributed by atoms with Crippen molar-refractivity contribution in [1.82, 2.24) is 4.90 Å². The molecule has 106 valence electrons. The quantitative estimate of drug-likeness (QED) is 0.866. The Morgan fingerprint density at radius 1 is 1.21 bits per heavy atom. The highest BCUT2D eigenvalue weighted by Gasteiger charge is 2.21. The second-order valence-corrected chi connectivity index (χ2v) is 6.02. The van der Waals surface area contributed by atoms with Crippen LogP contribution in [0.15, 0.2) is 24.3 Å². The lowest BCUT2D eigenvalue weighted by molar-refractivity contribution is 0.208. The van der Waals surface area contributed by atoms with Gasteiger partial charge in [-0.15, -0.1) is 0 Å². The summed E-state index contributed by atoms with van der Waals surface area (Å²) in [5.74, 6) is 0.812. The number of nitrogens with one attached hydrogen (secondary N) is 1. The van der Waals surface area contributed by atoms with E-state index in [-0.39, 0.29) is 0 Å². The monoisotopic (exact) mass is 260 g/mol. The Labute approximate surface area is 118 Å². The minimum Gasteiger partial charge on any atom is -0.382 e. The second kappa shape index (κ2) is 6.95. The Morgan fingerprint density at radius 2 is 1.84 bits per heavy atom. The largest absolute Gasteiger partial charge is 0.382 e.